The standard InChI is InChI=1S/C21H37N3O3/c1-2-27-20(26)23-13-9-21(16-23)14-18(15-21)22-11-7-17(8-12-22)24-10-5-3-4-6-19(24)25/h17-18,20,26H,2-16H2,1H3. The molecule has 1 unspecified atom stereocenters. The van der Waals surface area contributed by atoms with E-state index in [9.17, 15) is 9.90 Å². The molecule has 0 aromatic carbocycles. The number of hydrogen-bond donors (Lipinski definition) is 1. The van der Waals surface area contributed by atoms with Crippen LogP contribution in [-0.4, -0.2) is 83.5 Å². The predicted molar refractivity (Wildman–Crippen MR) is 104 cm³/mol. The highest BCUT2D eigenvalue weighted by Gasteiger charge is 2.51. The third kappa shape index (κ3) is 4.19. The van der Waals surface area contributed by atoms with Crippen molar-refractivity contribution in [2.45, 2.75) is 83.2 Å². The van der Waals surface area contributed by atoms with E-state index < -0.39 is 6.41 Å². The first-order valence-corrected chi connectivity index (χ1v) is 11.2. The van der Waals surface area contributed by atoms with E-state index in [0.717, 1.165) is 58.4 Å². The number of nitrogens with zero attached hydrogens (tertiary/aromatic N) is 3. The van der Waals surface area contributed by atoms with Gasteiger partial charge in [-0.25, -0.2) is 0 Å². The molecule has 3 heterocycles. The molecule has 3 aliphatic heterocycles. The molecule has 1 spiro atoms. The molecule has 0 bridgehead atoms. The van der Waals surface area contributed by atoms with Crippen LogP contribution in [0.1, 0.15) is 64.7 Å². The van der Waals surface area contributed by atoms with E-state index >= 15 is 0 Å². The van der Waals surface area contributed by atoms with Gasteiger partial charge in [-0.3, -0.25) is 9.69 Å². The third-order valence-corrected chi connectivity index (χ3v) is 7.50. The van der Waals surface area contributed by atoms with Gasteiger partial charge in [0.25, 0.3) is 0 Å². The summed E-state index contributed by atoms with van der Waals surface area (Å²) in [4.78, 5) is 19.3. The third-order valence-electron chi connectivity index (χ3n) is 7.50. The first-order chi connectivity index (χ1) is 13.1. The fourth-order valence-electron chi connectivity index (χ4n) is 5.90. The van der Waals surface area contributed by atoms with Crippen molar-refractivity contribution in [1.29, 1.82) is 0 Å². The lowest BCUT2D eigenvalue weighted by atomic mass is 9.64. The topological polar surface area (TPSA) is 56.3 Å². The quantitative estimate of drug-likeness (QED) is 0.741. The zero-order chi connectivity index (χ0) is 18.9. The number of piperidine rings is 1. The Balaban J connectivity index is 1.22. The fraction of sp³-hybridized carbons (Fsp3) is 0.952. The molecule has 1 N–H and O–H groups in total. The number of likely N-dealkylation sites (tertiary alicyclic amines) is 3. The Morgan fingerprint density at radius 2 is 1.89 bits per heavy atom. The Kier molecular flexibility index (Phi) is 6.07. The van der Waals surface area contributed by atoms with E-state index in [1.54, 1.807) is 0 Å². The highest BCUT2D eigenvalue weighted by Crippen LogP contribution is 2.50. The van der Waals surface area contributed by atoms with Crippen molar-refractivity contribution in [2.24, 2.45) is 5.41 Å². The second kappa shape index (κ2) is 8.36. The highest BCUT2D eigenvalue weighted by molar-refractivity contribution is 5.76. The maximum Gasteiger partial charge on any atom is 0.222 e. The van der Waals surface area contributed by atoms with Gasteiger partial charge in [-0.15, -0.1) is 0 Å². The zero-order valence-corrected chi connectivity index (χ0v) is 16.9. The summed E-state index contributed by atoms with van der Waals surface area (Å²) >= 11 is 0. The minimum atomic E-state index is -0.727. The number of hydrogen-bond acceptors (Lipinski definition) is 5. The van der Waals surface area contributed by atoms with Crippen LogP contribution in [0.25, 0.3) is 0 Å². The van der Waals surface area contributed by atoms with Crippen LogP contribution in [0, 0.1) is 5.41 Å². The van der Waals surface area contributed by atoms with Crippen LogP contribution >= 0.6 is 0 Å². The molecule has 4 fully saturated rings. The van der Waals surface area contributed by atoms with Gasteiger partial charge in [0.15, 0.2) is 0 Å². The second-order valence-corrected chi connectivity index (χ2v) is 9.23. The second-order valence-electron chi connectivity index (χ2n) is 9.23. The van der Waals surface area contributed by atoms with Gasteiger partial charge >= 0.3 is 0 Å². The molecule has 4 aliphatic rings. The Labute approximate surface area is 163 Å². The summed E-state index contributed by atoms with van der Waals surface area (Å²) in [6.45, 7) is 7.67. The SMILES string of the molecule is CCOC(O)N1CCC2(CC(N3CCC(N4CCCCCC4=O)CC3)C2)C1. The predicted octanol–water partition coefficient (Wildman–Crippen LogP) is 2.02. The Morgan fingerprint density at radius 3 is 2.63 bits per heavy atom. The zero-order valence-electron chi connectivity index (χ0n) is 16.9. The minimum Gasteiger partial charge on any atom is -0.356 e. The number of aliphatic hydroxyl groups excluding tert-OH is 1. The summed E-state index contributed by atoms with van der Waals surface area (Å²) in [5, 5.41) is 10.1. The summed E-state index contributed by atoms with van der Waals surface area (Å²) in [5.74, 6) is 0.396. The van der Waals surface area contributed by atoms with Crippen LogP contribution in [0.3, 0.4) is 0 Å². The first kappa shape index (κ1) is 19.6. The van der Waals surface area contributed by atoms with E-state index in [2.05, 4.69) is 14.7 Å². The van der Waals surface area contributed by atoms with E-state index in [4.69, 9.17) is 4.74 Å². The monoisotopic (exact) mass is 379 g/mol. The Hall–Kier alpha value is -0.690. The molecule has 27 heavy (non-hydrogen) atoms. The van der Waals surface area contributed by atoms with Crippen molar-refractivity contribution < 1.29 is 14.6 Å². The molecular formula is C21H37N3O3. The largest absolute Gasteiger partial charge is 0.356 e. The fourth-order valence-corrected chi connectivity index (χ4v) is 5.90. The van der Waals surface area contributed by atoms with Crippen LogP contribution in [0.2, 0.25) is 0 Å². The van der Waals surface area contributed by atoms with Gasteiger partial charge in [0.05, 0.1) is 0 Å². The number of aliphatic hydroxyl groups is 1. The molecule has 1 saturated carbocycles. The molecule has 154 valence electrons. The molecule has 6 nitrogen and oxygen atoms in total. The van der Waals surface area contributed by atoms with Gasteiger partial charge in [0, 0.05) is 57.8 Å². The van der Waals surface area contributed by atoms with Gasteiger partial charge in [-0.2, -0.15) is 0 Å². The van der Waals surface area contributed by atoms with E-state index in [1.807, 2.05) is 6.92 Å². The molecule has 6 heteroatoms. The van der Waals surface area contributed by atoms with E-state index in [0.29, 0.717) is 30.0 Å². The Morgan fingerprint density at radius 1 is 1.11 bits per heavy atom. The summed E-state index contributed by atoms with van der Waals surface area (Å²) < 4.78 is 5.36. The van der Waals surface area contributed by atoms with Crippen molar-refractivity contribution in [3.8, 4) is 0 Å². The van der Waals surface area contributed by atoms with Crippen molar-refractivity contribution >= 4 is 5.91 Å². The van der Waals surface area contributed by atoms with Gasteiger partial charge < -0.3 is 19.6 Å². The molecule has 1 aliphatic carbocycles. The van der Waals surface area contributed by atoms with E-state index in [-0.39, 0.29) is 0 Å². The number of amides is 1. The van der Waals surface area contributed by atoms with Crippen LogP contribution in [0.15, 0.2) is 0 Å². The number of rotatable bonds is 5. The molecule has 0 aromatic rings. The lowest BCUT2D eigenvalue weighted by molar-refractivity contribution is -0.188. The molecule has 4 rings (SSSR count). The normalized spacial score (nSPS) is 35.4. The molecular weight excluding hydrogens is 342 g/mol. The van der Waals surface area contributed by atoms with Gasteiger partial charge in [-0.1, -0.05) is 6.42 Å². The van der Waals surface area contributed by atoms with Crippen LogP contribution in [0.4, 0.5) is 0 Å². The van der Waals surface area contributed by atoms with Crippen molar-refractivity contribution in [1.82, 2.24) is 14.7 Å². The minimum absolute atomic E-state index is 0.396. The summed E-state index contributed by atoms with van der Waals surface area (Å²) in [5.41, 5.74) is 0.403. The summed E-state index contributed by atoms with van der Waals surface area (Å²) in [7, 11) is 0. The molecule has 1 amide bonds. The van der Waals surface area contributed by atoms with Crippen molar-refractivity contribution in [3.05, 3.63) is 0 Å². The number of carbonyl (C=O) groups is 1. The Bertz CT molecular complexity index is 515. The maximum absolute atomic E-state index is 12.4. The smallest absolute Gasteiger partial charge is 0.222 e. The maximum atomic E-state index is 12.4. The average molecular weight is 380 g/mol. The summed E-state index contributed by atoms with van der Waals surface area (Å²) in [6.07, 6.45) is 9.49. The van der Waals surface area contributed by atoms with Gasteiger partial charge in [0.2, 0.25) is 12.3 Å². The lowest BCUT2D eigenvalue weighted by Gasteiger charge is -2.52. The van der Waals surface area contributed by atoms with Gasteiger partial charge in [0.1, 0.15) is 0 Å². The van der Waals surface area contributed by atoms with Crippen molar-refractivity contribution in [3.63, 3.8) is 0 Å². The van der Waals surface area contributed by atoms with E-state index in [1.165, 1.54) is 32.1 Å². The molecule has 3 saturated heterocycles. The molecule has 1 atom stereocenters. The van der Waals surface area contributed by atoms with Gasteiger partial charge in [-0.05, 0) is 57.3 Å². The molecule has 0 radical (unpaired) electrons. The first-order valence-electron chi connectivity index (χ1n) is 11.2. The van der Waals surface area contributed by atoms with Crippen molar-refractivity contribution in [2.75, 3.05) is 39.3 Å². The molecule has 0 aromatic heterocycles. The van der Waals surface area contributed by atoms with Crippen LogP contribution in [-0.2, 0) is 9.53 Å². The average Bonchev–Trinajstić information content (AvgIpc) is 2.99. The summed E-state index contributed by atoms with van der Waals surface area (Å²) in [6, 6.07) is 1.18. The number of carbonyl (C=O) groups excluding carboxylic acids is 1. The number of ether oxygens (including phenoxy) is 1. The lowest BCUT2D eigenvalue weighted by Crippen LogP contribution is -2.56. The highest BCUT2D eigenvalue weighted by atomic mass is 16.6. The van der Waals surface area contributed by atoms with Crippen LogP contribution in [0.5, 0.6) is 0 Å². The van der Waals surface area contributed by atoms with Crippen LogP contribution < -0.4 is 0 Å².